The van der Waals surface area contributed by atoms with Gasteiger partial charge in [0.2, 0.25) is 0 Å². The monoisotopic (exact) mass is 309 g/mol. The minimum atomic E-state index is 0.371. The minimum Gasteiger partial charge on any atom is -0.356 e. The predicted molar refractivity (Wildman–Crippen MR) is 89.3 cm³/mol. The molecule has 0 amide bonds. The molecular formula is C15H24ClN5. The number of anilines is 1. The second-order valence-corrected chi connectivity index (χ2v) is 5.64. The molecule has 2 rings (SSSR count). The highest BCUT2D eigenvalue weighted by Gasteiger charge is 2.25. The second kappa shape index (κ2) is 8.08. The van der Waals surface area contributed by atoms with Crippen LogP contribution < -0.4 is 15.5 Å². The largest absolute Gasteiger partial charge is 0.356 e. The molecule has 1 unspecified atom stereocenters. The number of guanidine groups is 1. The van der Waals surface area contributed by atoms with Gasteiger partial charge in [-0.05, 0) is 25.0 Å². The lowest BCUT2D eigenvalue weighted by atomic mass is 10.3. The van der Waals surface area contributed by atoms with Gasteiger partial charge in [-0.25, -0.2) is 4.98 Å². The third kappa shape index (κ3) is 4.49. The highest BCUT2D eigenvalue weighted by molar-refractivity contribution is 6.32. The average Bonchev–Trinajstić information content (AvgIpc) is 2.95. The topological polar surface area (TPSA) is 52.6 Å². The van der Waals surface area contributed by atoms with E-state index in [1.807, 2.05) is 19.2 Å². The fourth-order valence-corrected chi connectivity index (χ4v) is 2.69. The van der Waals surface area contributed by atoms with E-state index in [0.717, 1.165) is 44.3 Å². The molecule has 2 heterocycles. The van der Waals surface area contributed by atoms with E-state index in [0.29, 0.717) is 11.1 Å². The first-order valence-electron chi connectivity index (χ1n) is 7.57. The van der Waals surface area contributed by atoms with Gasteiger partial charge in [-0.3, -0.25) is 4.99 Å². The van der Waals surface area contributed by atoms with Gasteiger partial charge in [-0.15, -0.1) is 0 Å². The van der Waals surface area contributed by atoms with Crippen LogP contribution in [0.15, 0.2) is 23.3 Å². The maximum absolute atomic E-state index is 6.21. The molecule has 1 aromatic rings. The molecule has 2 N–H and O–H groups in total. The van der Waals surface area contributed by atoms with E-state index in [2.05, 4.69) is 32.4 Å². The molecule has 0 bridgehead atoms. The van der Waals surface area contributed by atoms with E-state index in [4.69, 9.17) is 11.6 Å². The van der Waals surface area contributed by atoms with Crippen molar-refractivity contribution >= 4 is 23.4 Å². The van der Waals surface area contributed by atoms with Crippen molar-refractivity contribution in [2.75, 3.05) is 31.6 Å². The lowest BCUT2D eigenvalue weighted by Crippen LogP contribution is -2.44. The zero-order chi connectivity index (χ0) is 15.1. The van der Waals surface area contributed by atoms with Crippen molar-refractivity contribution in [2.24, 2.45) is 4.99 Å². The Kier molecular flexibility index (Phi) is 6.11. The Labute approximate surface area is 131 Å². The molecule has 0 aromatic carbocycles. The van der Waals surface area contributed by atoms with Crippen LogP contribution in [0.1, 0.15) is 26.2 Å². The van der Waals surface area contributed by atoms with E-state index in [1.165, 1.54) is 6.42 Å². The van der Waals surface area contributed by atoms with Crippen molar-refractivity contribution in [1.82, 2.24) is 15.6 Å². The highest BCUT2D eigenvalue weighted by atomic mass is 35.5. The van der Waals surface area contributed by atoms with Gasteiger partial charge >= 0.3 is 0 Å². The fraction of sp³-hybridized carbons (Fsp3) is 0.600. The zero-order valence-electron chi connectivity index (χ0n) is 12.8. The number of nitrogens with one attached hydrogen (secondary N) is 2. The Bertz CT molecular complexity index is 477. The normalized spacial score (nSPS) is 18.9. The number of aliphatic imine (C=N–C) groups is 1. The molecule has 0 spiro atoms. The molecule has 1 atom stereocenters. The first-order chi connectivity index (χ1) is 10.2. The van der Waals surface area contributed by atoms with Gasteiger partial charge in [0.05, 0.1) is 5.02 Å². The van der Waals surface area contributed by atoms with Crippen molar-refractivity contribution in [3.05, 3.63) is 23.4 Å². The number of nitrogens with zero attached hydrogens (tertiary/aromatic N) is 3. The summed E-state index contributed by atoms with van der Waals surface area (Å²) >= 11 is 6.21. The van der Waals surface area contributed by atoms with Crippen LogP contribution in [0.25, 0.3) is 0 Å². The number of hydrogen-bond donors (Lipinski definition) is 2. The van der Waals surface area contributed by atoms with Crippen LogP contribution in [-0.2, 0) is 0 Å². The number of aromatic nitrogens is 1. The van der Waals surface area contributed by atoms with Gasteiger partial charge in [0.25, 0.3) is 0 Å². The number of halogens is 1. The zero-order valence-corrected chi connectivity index (χ0v) is 13.5. The summed E-state index contributed by atoms with van der Waals surface area (Å²) in [6.45, 7) is 4.99. The molecular weight excluding hydrogens is 286 g/mol. The molecule has 1 aromatic heterocycles. The van der Waals surface area contributed by atoms with Gasteiger partial charge in [0.1, 0.15) is 5.82 Å². The number of pyridine rings is 1. The summed E-state index contributed by atoms with van der Waals surface area (Å²) in [4.78, 5) is 10.9. The SMILES string of the molecule is CCCCNC(=NC)NC1CCN(c2ncccc2Cl)C1. The van der Waals surface area contributed by atoms with E-state index in [-0.39, 0.29) is 0 Å². The Balaban J connectivity index is 1.86. The Hall–Kier alpha value is -1.49. The number of unbranched alkanes of at least 4 members (excludes halogenated alkanes) is 1. The second-order valence-electron chi connectivity index (χ2n) is 5.24. The summed E-state index contributed by atoms with van der Waals surface area (Å²) in [5.74, 6) is 1.75. The molecule has 1 saturated heterocycles. The van der Waals surface area contributed by atoms with Crippen LogP contribution in [0, 0.1) is 0 Å². The van der Waals surface area contributed by atoms with Crippen LogP contribution in [0.3, 0.4) is 0 Å². The van der Waals surface area contributed by atoms with Crippen molar-refractivity contribution in [2.45, 2.75) is 32.2 Å². The van der Waals surface area contributed by atoms with Crippen LogP contribution in [0.2, 0.25) is 5.02 Å². The molecule has 0 radical (unpaired) electrons. The Morgan fingerprint density at radius 3 is 3.14 bits per heavy atom. The van der Waals surface area contributed by atoms with Crippen LogP contribution in [0.5, 0.6) is 0 Å². The fourth-order valence-electron chi connectivity index (χ4n) is 2.45. The van der Waals surface area contributed by atoms with E-state index in [1.54, 1.807) is 6.20 Å². The summed E-state index contributed by atoms with van der Waals surface area (Å²) in [6, 6.07) is 4.11. The lowest BCUT2D eigenvalue weighted by Gasteiger charge is -2.20. The standard InChI is InChI=1S/C15H24ClN5/c1-3-4-8-19-15(17-2)20-12-7-10-21(11-12)14-13(16)6-5-9-18-14/h5-6,9,12H,3-4,7-8,10-11H2,1-2H3,(H2,17,19,20). The van der Waals surface area contributed by atoms with Crippen molar-refractivity contribution in [3.8, 4) is 0 Å². The molecule has 6 heteroatoms. The van der Waals surface area contributed by atoms with Crippen molar-refractivity contribution in [1.29, 1.82) is 0 Å². The molecule has 0 saturated carbocycles. The molecule has 5 nitrogen and oxygen atoms in total. The lowest BCUT2D eigenvalue weighted by molar-refractivity contribution is 0.641. The van der Waals surface area contributed by atoms with E-state index in [9.17, 15) is 0 Å². The Morgan fingerprint density at radius 1 is 1.57 bits per heavy atom. The van der Waals surface area contributed by atoms with Gasteiger partial charge in [-0.1, -0.05) is 24.9 Å². The maximum atomic E-state index is 6.21. The third-order valence-electron chi connectivity index (χ3n) is 3.61. The quantitative estimate of drug-likeness (QED) is 0.498. The summed E-state index contributed by atoms with van der Waals surface area (Å²) in [5, 5.41) is 7.52. The number of rotatable bonds is 5. The predicted octanol–water partition coefficient (Wildman–Crippen LogP) is 2.28. The maximum Gasteiger partial charge on any atom is 0.191 e. The van der Waals surface area contributed by atoms with Crippen LogP contribution in [0.4, 0.5) is 5.82 Å². The van der Waals surface area contributed by atoms with Crippen LogP contribution in [-0.4, -0.2) is 43.7 Å². The molecule has 1 aliphatic rings. The minimum absolute atomic E-state index is 0.371. The summed E-state index contributed by atoms with van der Waals surface area (Å²) in [7, 11) is 1.81. The summed E-state index contributed by atoms with van der Waals surface area (Å²) < 4.78 is 0. The highest BCUT2D eigenvalue weighted by Crippen LogP contribution is 2.25. The first kappa shape index (κ1) is 15.9. The first-order valence-corrected chi connectivity index (χ1v) is 7.95. The van der Waals surface area contributed by atoms with E-state index >= 15 is 0 Å². The molecule has 116 valence electrons. The molecule has 1 aliphatic heterocycles. The number of hydrogen-bond acceptors (Lipinski definition) is 3. The van der Waals surface area contributed by atoms with Crippen molar-refractivity contribution in [3.63, 3.8) is 0 Å². The average molecular weight is 310 g/mol. The van der Waals surface area contributed by atoms with Gasteiger partial charge in [0, 0.05) is 38.9 Å². The smallest absolute Gasteiger partial charge is 0.191 e. The Morgan fingerprint density at radius 2 is 2.43 bits per heavy atom. The summed E-state index contributed by atoms with van der Waals surface area (Å²) in [6.07, 6.45) is 5.18. The molecule has 0 aliphatic carbocycles. The van der Waals surface area contributed by atoms with Gasteiger partial charge in [0.15, 0.2) is 5.96 Å². The van der Waals surface area contributed by atoms with Gasteiger partial charge < -0.3 is 15.5 Å². The third-order valence-corrected chi connectivity index (χ3v) is 3.91. The summed E-state index contributed by atoms with van der Waals surface area (Å²) in [5.41, 5.74) is 0. The van der Waals surface area contributed by atoms with E-state index < -0.39 is 0 Å². The van der Waals surface area contributed by atoms with Gasteiger partial charge in [-0.2, -0.15) is 0 Å². The molecule has 21 heavy (non-hydrogen) atoms. The van der Waals surface area contributed by atoms with Crippen molar-refractivity contribution < 1.29 is 0 Å². The van der Waals surface area contributed by atoms with Crippen LogP contribution >= 0.6 is 11.6 Å². The molecule has 1 fully saturated rings.